The number of carbonyl (C=O) groups is 1. The molecular formula is C30H32N4O3S. The van der Waals surface area contributed by atoms with Crippen LogP contribution in [0, 0.1) is 0 Å². The second-order valence-electron chi connectivity index (χ2n) is 10.8. The molecule has 0 N–H and O–H groups in total. The molecule has 8 heteroatoms. The molecule has 0 saturated carbocycles. The number of thiophene rings is 1. The van der Waals surface area contributed by atoms with Crippen LogP contribution in [-0.2, 0) is 24.3 Å². The van der Waals surface area contributed by atoms with Gasteiger partial charge < -0.3 is 18.9 Å². The Hall–Kier alpha value is -3.49. The molecule has 38 heavy (non-hydrogen) atoms. The van der Waals surface area contributed by atoms with Gasteiger partial charge in [-0.25, -0.2) is 0 Å². The fraction of sp³-hybridized carbons (Fsp3) is 0.367. The lowest BCUT2D eigenvalue weighted by atomic mass is 9.92. The van der Waals surface area contributed by atoms with E-state index in [0.717, 1.165) is 62.8 Å². The van der Waals surface area contributed by atoms with Crippen LogP contribution in [0.15, 0.2) is 48.2 Å². The van der Waals surface area contributed by atoms with Crippen LogP contribution in [-0.4, -0.2) is 51.1 Å². The number of methoxy groups -OCH3 is 1. The van der Waals surface area contributed by atoms with E-state index in [1.54, 1.807) is 37.0 Å². The first-order valence-electron chi connectivity index (χ1n) is 13.0. The maximum absolute atomic E-state index is 14.4. The van der Waals surface area contributed by atoms with Crippen molar-refractivity contribution in [3.8, 4) is 38.7 Å². The molecule has 0 unspecified atom stereocenters. The normalized spacial score (nSPS) is 15.7. The summed E-state index contributed by atoms with van der Waals surface area (Å²) in [7, 11) is 1.69. The molecule has 0 radical (unpaired) electrons. The van der Waals surface area contributed by atoms with Crippen LogP contribution >= 0.6 is 11.3 Å². The van der Waals surface area contributed by atoms with E-state index in [0.29, 0.717) is 26.3 Å². The standard InChI is InChI=1S/C30H32N4O3S/c1-30(2,3)34-11-6-13-37-18-22-26(25-7-5-14-38-25)27-20-16-21(23-17-31-9-10-32-23)24(36-4)15-19(20)8-12-33(27)28(22)29(34)35/h5,7,9-10,14-17H,6,8,11-13,18H2,1-4H3. The van der Waals surface area contributed by atoms with Gasteiger partial charge in [-0.05, 0) is 62.8 Å². The Bertz CT molecular complexity index is 1490. The Labute approximate surface area is 227 Å². The van der Waals surface area contributed by atoms with Gasteiger partial charge >= 0.3 is 0 Å². The second-order valence-corrected chi connectivity index (χ2v) is 11.7. The van der Waals surface area contributed by atoms with Crippen LogP contribution in [0.3, 0.4) is 0 Å². The largest absolute Gasteiger partial charge is 0.496 e. The summed E-state index contributed by atoms with van der Waals surface area (Å²) in [6.45, 7) is 8.74. The molecule has 7 nitrogen and oxygen atoms in total. The summed E-state index contributed by atoms with van der Waals surface area (Å²) in [4.78, 5) is 26.4. The summed E-state index contributed by atoms with van der Waals surface area (Å²) < 4.78 is 14.2. The molecule has 2 aliphatic rings. The smallest absolute Gasteiger partial charge is 0.271 e. The minimum Gasteiger partial charge on any atom is -0.496 e. The lowest BCUT2D eigenvalue weighted by molar-refractivity contribution is 0.0544. The number of nitrogens with zero attached hydrogens (tertiary/aromatic N) is 4. The minimum absolute atomic E-state index is 0.0770. The summed E-state index contributed by atoms with van der Waals surface area (Å²) in [5.41, 5.74) is 7.52. The van der Waals surface area contributed by atoms with E-state index in [4.69, 9.17) is 9.47 Å². The summed E-state index contributed by atoms with van der Waals surface area (Å²) in [5.74, 6) is 0.850. The number of aromatic nitrogens is 3. The highest BCUT2D eigenvalue weighted by atomic mass is 32.1. The topological polar surface area (TPSA) is 69.5 Å². The summed E-state index contributed by atoms with van der Waals surface area (Å²) >= 11 is 1.69. The minimum atomic E-state index is -0.300. The van der Waals surface area contributed by atoms with Gasteiger partial charge in [0.1, 0.15) is 11.4 Å². The highest BCUT2D eigenvalue weighted by Gasteiger charge is 2.37. The molecule has 3 aromatic heterocycles. The van der Waals surface area contributed by atoms with Crippen molar-refractivity contribution in [2.24, 2.45) is 0 Å². The van der Waals surface area contributed by atoms with E-state index >= 15 is 0 Å². The van der Waals surface area contributed by atoms with E-state index in [1.807, 2.05) is 4.90 Å². The van der Waals surface area contributed by atoms with Crippen molar-refractivity contribution in [3.05, 3.63) is 65.1 Å². The molecule has 0 bridgehead atoms. The number of amides is 1. The van der Waals surface area contributed by atoms with Gasteiger partial charge in [-0.1, -0.05) is 6.07 Å². The molecule has 196 valence electrons. The first-order valence-corrected chi connectivity index (χ1v) is 13.9. The molecule has 1 amide bonds. The molecule has 4 aromatic rings. The predicted molar refractivity (Wildman–Crippen MR) is 150 cm³/mol. The average molecular weight is 529 g/mol. The van der Waals surface area contributed by atoms with Crippen molar-refractivity contribution in [1.29, 1.82) is 0 Å². The van der Waals surface area contributed by atoms with Gasteiger partial charge in [-0.2, -0.15) is 0 Å². The van der Waals surface area contributed by atoms with Crippen molar-refractivity contribution in [3.63, 3.8) is 0 Å². The molecule has 0 spiro atoms. The third-order valence-corrected chi connectivity index (χ3v) is 8.32. The van der Waals surface area contributed by atoms with Gasteiger partial charge in [-0.15, -0.1) is 11.3 Å². The molecule has 0 atom stereocenters. The van der Waals surface area contributed by atoms with Gasteiger partial charge in [0.25, 0.3) is 5.91 Å². The zero-order valence-electron chi connectivity index (χ0n) is 22.3. The molecule has 6 rings (SSSR count). The van der Waals surface area contributed by atoms with Gasteiger partial charge in [0, 0.05) is 64.8 Å². The molecule has 5 heterocycles. The number of ether oxygens (including phenoxy) is 2. The van der Waals surface area contributed by atoms with Crippen molar-refractivity contribution >= 4 is 17.2 Å². The van der Waals surface area contributed by atoms with Crippen LogP contribution in [0.4, 0.5) is 0 Å². The van der Waals surface area contributed by atoms with Crippen LogP contribution < -0.4 is 4.74 Å². The zero-order valence-corrected chi connectivity index (χ0v) is 23.1. The van der Waals surface area contributed by atoms with E-state index in [-0.39, 0.29) is 11.4 Å². The number of fused-ring (bicyclic) bond motifs is 5. The van der Waals surface area contributed by atoms with Crippen molar-refractivity contribution in [2.75, 3.05) is 20.3 Å². The molecule has 1 aromatic carbocycles. The Morgan fingerprint density at radius 2 is 1.97 bits per heavy atom. The lowest BCUT2D eigenvalue weighted by Gasteiger charge is -2.36. The van der Waals surface area contributed by atoms with Crippen molar-refractivity contribution in [1.82, 2.24) is 19.4 Å². The summed E-state index contributed by atoms with van der Waals surface area (Å²) in [6, 6.07) is 8.49. The van der Waals surface area contributed by atoms with E-state index in [1.165, 1.54) is 5.56 Å². The van der Waals surface area contributed by atoms with E-state index < -0.39 is 0 Å². The maximum atomic E-state index is 14.4. The maximum Gasteiger partial charge on any atom is 0.271 e. The van der Waals surface area contributed by atoms with Crippen LogP contribution in [0.25, 0.3) is 33.0 Å². The number of hydrogen-bond acceptors (Lipinski definition) is 6. The van der Waals surface area contributed by atoms with E-state index in [9.17, 15) is 4.79 Å². The fourth-order valence-corrected chi connectivity index (χ4v) is 6.50. The second kappa shape index (κ2) is 9.67. The van der Waals surface area contributed by atoms with Crippen LogP contribution in [0.5, 0.6) is 5.75 Å². The highest BCUT2D eigenvalue weighted by Crippen LogP contribution is 2.48. The summed E-state index contributed by atoms with van der Waals surface area (Å²) in [5, 5.41) is 2.09. The Morgan fingerprint density at radius 1 is 1.11 bits per heavy atom. The molecule has 0 saturated heterocycles. The Balaban J connectivity index is 1.65. The average Bonchev–Trinajstić information content (AvgIpc) is 3.56. The Kier molecular flexibility index (Phi) is 6.32. The van der Waals surface area contributed by atoms with E-state index in [2.05, 4.69) is 65.0 Å². The Morgan fingerprint density at radius 3 is 2.68 bits per heavy atom. The van der Waals surface area contributed by atoms with Gasteiger partial charge in [0.15, 0.2) is 0 Å². The van der Waals surface area contributed by atoms with Gasteiger partial charge in [-0.3, -0.25) is 14.8 Å². The molecule has 0 aliphatic carbocycles. The van der Waals surface area contributed by atoms with Crippen LogP contribution in [0.2, 0.25) is 0 Å². The van der Waals surface area contributed by atoms with Crippen molar-refractivity contribution in [2.45, 2.75) is 52.3 Å². The number of hydrogen-bond donors (Lipinski definition) is 0. The number of carbonyl (C=O) groups excluding carboxylic acids is 1. The third kappa shape index (κ3) is 4.12. The highest BCUT2D eigenvalue weighted by molar-refractivity contribution is 7.13. The third-order valence-electron chi connectivity index (χ3n) is 7.43. The predicted octanol–water partition coefficient (Wildman–Crippen LogP) is 6.07. The summed E-state index contributed by atoms with van der Waals surface area (Å²) in [6.07, 6.45) is 6.74. The first-order chi connectivity index (χ1) is 18.4. The quantitative estimate of drug-likeness (QED) is 0.323. The monoisotopic (exact) mass is 528 g/mol. The first kappa shape index (κ1) is 24.8. The molecule has 0 fully saturated rings. The molecular weight excluding hydrogens is 496 g/mol. The van der Waals surface area contributed by atoms with Crippen LogP contribution in [0.1, 0.15) is 48.8 Å². The lowest BCUT2D eigenvalue weighted by Crippen LogP contribution is -2.47. The van der Waals surface area contributed by atoms with Gasteiger partial charge in [0.2, 0.25) is 0 Å². The van der Waals surface area contributed by atoms with Crippen molar-refractivity contribution < 1.29 is 14.3 Å². The fourth-order valence-electron chi connectivity index (χ4n) is 5.70. The SMILES string of the molecule is COc1cc2c(cc1-c1cnccn1)-c1c(-c3cccs3)c3c(n1CC2)C(=O)N(C(C)(C)C)CCCOC3. The number of rotatable bonds is 3. The number of benzene rings is 1. The van der Waals surface area contributed by atoms with Gasteiger partial charge in [0.05, 0.1) is 31.3 Å². The zero-order chi connectivity index (χ0) is 26.4. The molecule has 2 aliphatic heterocycles. The number of aryl methyl sites for hydroxylation is 1.